The van der Waals surface area contributed by atoms with Crippen LogP contribution in [0.2, 0.25) is 5.02 Å². The number of aromatic nitrogens is 2. The highest BCUT2D eigenvalue weighted by Crippen LogP contribution is 2.31. The molecule has 0 radical (unpaired) electrons. The minimum Gasteiger partial charge on any atom is -0.386 e. The summed E-state index contributed by atoms with van der Waals surface area (Å²) in [6.45, 7) is 7.48. The number of ether oxygens (including phenoxy) is 1. The van der Waals surface area contributed by atoms with Crippen LogP contribution in [0.4, 0.5) is 0 Å². The van der Waals surface area contributed by atoms with E-state index in [1.807, 2.05) is 6.92 Å². The average molecular weight is 275 g/mol. The zero-order chi connectivity index (χ0) is 13.7. The maximum Gasteiger partial charge on any atom is 0.0997 e. The van der Waals surface area contributed by atoms with Crippen molar-refractivity contribution < 1.29 is 9.84 Å². The minimum atomic E-state index is -0.584. The molecule has 0 aliphatic heterocycles. The number of methoxy groups -OCH3 is 1. The van der Waals surface area contributed by atoms with Crippen LogP contribution in [-0.4, -0.2) is 28.6 Å². The van der Waals surface area contributed by atoms with Crippen molar-refractivity contribution in [3.8, 4) is 0 Å². The molecule has 0 bridgehead atoms. The molecule has 0 spiro atoms. The smallest absolute Gasteiger partial charge is 0.0997 e. The Morgan fingerprint density at radius 1 is 1.44 bits per heavy atom. The normalized spacial score (nSPS) is 15.1. The summed E-state index contributed by atoms with van der Waals surface area (Å²) in [5.74, 6) is 0.698. The third-order valence-corrected chi connectivity index (χ3v) is 3.29. The Kier molecular flexibility index (Phi) is 6.12. The molecule has 0 aromatic carbocycles. The lowest BCUT2D eigenvalue weighted by Gasteiger charge is -2.22. The van der Waals surface area contributed by atoms with Gasteiger partial charge in [0.25, 0.3) is 0 Å². The molecule has 2 atom stereocenters. The molecule has 2 unspecified atom stereocenters. The molecule has 1 rings (SSSR count). The Morgan fingerprint density at radius 2 is 2.11 bits per heavy atom. The van der Waals surface area contributed by atoms with Crippen molar-refractivity contribution in [2.45, 2.75) is 39.8 Å². The molecule has 0 aliphatic carbocycles. The van der Waals surface area contributed by atoms with Crippen LogP contribution in [-0.2, 0) is 11.3 Å². The van der Waals surface area contributed by atoms with Crippen molar-refractivity contribution in [1.29, 1.82) is 0 Å². The van der Waals surface area contributed by atoms with Gasteiger partial charge in [-0.1, -0.05) is 32.4 Å². The van der Waals surface area contributed by atoms with E-state index in [0.717, 1.165) is 6.42 Å². The summed E-state index contributed by atoms with van der Waals surface area (Å²) in [7, 11) is 1.64. The molecule has 1 N–H and O–H groups in total. The summed E-state index contributed by atoms with van der Waals surface area (Å²) in [6.07, 6.45) is 1.95. The highest BCUT2D eigenvalue weighted by molar-refractivity contribution is 6.31. The molecule has 0 saturated carbocycles. The largest absolute Gasteiger partial charge is 0.386 e. The predicted molar refractivity (Wildman–Crippen MR) is 72.7 cm³/mol. The van der Waals surface area contributed by atoms with Crippen molar-refractivity contribution in [2.24, 2.45) is 11.8 Å². The second kappa shape index (κ2) is 7.12. The van der Waals surface area contributed by atoms with Crippen LogP contribution in [0.1, 0.15) is 39.0 Å². The number of hydrogen-bond acceptors (Lipinski definition) is 3. The number of hydrogen-bond donors (Lipinski definition) is 1. The van der Waals surface area contributed by atoms with Crippen LogP contribution < -0.4 is 0 Å². The Bertz CT molecular complexity index is 366. The Balaban J connectivity index is 2.82. The molecule has 5 heteroatoms. The van der Waals surface area contributed by atoms with Crippen LogP contribution >= 0.6 is 11.6 Å². The zero-order valence-electron chi connectivity index (χ0n) is 11.6. The topological polar surface area (TPSA) is 47.3 Å². The molecule has 1 aromatic rings. The van der Waals surface area contributed by atoms with Crippen molar-refractivity contribution in [1.82, 2.24) is 9.78 Å². The van der Waals surface area contributed by atoms with E-state index in [1.54, 1.807) is 18.0 Å². The van der Waals surface area contributed by atoms with Gasteiger partial charge in [-0.05, 0) is 18.3 Å². The van der Waals surface area contributed by atoms with Gasteiger partial charge in [-0.2, -0.15) is 5.10 Å². The van der Waals surface area contributed by atoms with Gasteiger partial charge in [0.05, 0.1) is 36.2 Å². The van der Waals surface area contributed by atoms with Gasteiger partial charge in [-0.25, -0.2) is 0 Å². The van der Waals surface area contributed by atoms with Gasteiger partial charge in [0.2, 0.25) is 0 Å². The van der Waals surface area contributed by atoms with Gasteiger partial charge in [-0.15, -0.1) is 0 Å². The third-order valence-electron chi connectivity index (χ3n) is 3.00. The first-order chi connectivity index (χ1) is 8.47. The first kappa shape index (κ1) is 15.5. The number of halogens is 1. The summed E-state index contributed by atoms with van der Waals surface area (Å²) >= 11 is 6.12. The second-order valence-electron chi connectivity index (χ2n) is 5.15. The zero-order valence-corrected chi connectivity index (χ0v) is 12.3. The molecule has 18 heavy (non-hydrogen) atoms. The summed E-state index contributed by atoms with van der Waals surface area (Å²) < 4.78 is 6.76. The van der Waals surface area contributed by atoms with E-state index in [4.69, 9.17) is 16.3 Å². The monoisotopic (exact) mass is 274 g/mol. The number of rotatable bonds is 7. The average Bonchev–Trinajstić information content (AvgIpc) is 2.66. The molecule has 0 saturated heterocycles. The number of aliphatic hydroxyl groups excluding tert-OH is 1. The summed E-state index contributed by atoms with van der Waals surface area (Å²) in [4.78, 5) is 0. The van der Waals surface area contributed by atoms with E-state index in [1.165, 1.54) is 0 Å². The molecule has 0 fully saturated rings. The first-order valence-electron chi connectivity index (χ1n) is 6.35. The van der Waals surface area contributed by atoms with E-state index in [9.17, 15) is 5.11 Å². The van der Waals surface area contributed by atoms with Crippen molar-refractivity contribution in [3.63, 3.8) is 0 Å². The van der Waals surface area contributed by atoms with Crippen LogP contribution in [0.15, 0.2) is 6.20 Å². The SMILES string of the molecule is COCCn1ncc(Cl)c1C(O)C(C)CC(C)C. The Labute approximate surface area is 114 Å². The maximum atomic E-state index is 10.4. The van der Waals surface area contributed by atoms with Gasteiger partial charge >= 0.3 is 0 Å². The minimum absolute atomic E-state index is 0.153. The Hall–Kier alpha value is -0.580. The lowest BCUT2D eigenvalue weighted by atomic mass is 9.92. The van der Waals surface area contributed by atoms with E-state index in [-0.39, 0.29) is 5.92 Å². The fourth-order valence-electron chi connectivity index (χ4n) is 2.16. The highest BCUT2D eigenvalue weighted by Gasteiger charge is 2.24. The standard InChI is InChI=1S/C13H23ClN2O2/c1-9(2)7-10(3)13(17)12-11(14)8-15-16(12)5-6-18-4/h8-10,13,17H,5-7H2,1-4H3. The fraction of sp³-hybridized carbons (Fsp3) is 0.769. The van der Waals surface area contributed by atoms with Gasteiger partial charge in [-0.3, -0.25) is 4.68 Å². The quantitative estimate of drug-likeness (QED) is 0.832. The molecule has 1 heterocycles. The van der Waals surface area contributed by atoms with Crippen LogP contribution in [0.3, 0.4) is 0 Å². The first-order valence-corrected chi connectivity index (χ1v) is 6.73. The molecular weight excluding hydrogens is 252 g/mol. The van der Waals surface area contributed by atoms with Gasteiger partial charge in [0, 0.05) is 7.11 Å². The maximum absolute atomic E-state index is 10.4. The molecule has 4 nitrogen and oxygen atoms in total. The second-order valence-corrected chi connectivity index (χ2v) is 5.55. The van der Waals surface area contributed by atoms with E-state index in [2.05, 4.69) is 18.9 Å². The Morgan fingerprint density at radius 3 is 2.67 bits per heavy atom. The molecule has 104 valence electrons. The molecule has 1 aromatic heterocycles. The summed E-state index contributed by atoms with van der Waals surface area (Å²) in [5, 5.41) is 15.1. The van der Waals surface area contributed by atoms with Gasteiger partial charge in [0.1, 0.15) is 0 Å². The van der Waals surface area contributed by atoms with Gasteiger partial charge < -0.3 is 9.84 Å². The molecule has 0 amide bonds. The van der Waals surface area contributed by atoms with Crippen molar-refractivity contribution in [2.75, 3.05) is 13.7 Å². The molecular formula is C13H23ClN2O2. The molecule has 0 aliphatic rings. The third kappa shape index (κ3) is 3.97. The van der Waals surface area contributed by atoms with Crippen molar-refractivity contribution >= 4 is 11.6 Å². The van der Waals surface area contributed by atoms with Crippen LogP contribution in [0.25, 0.3) is 0 Å². The highest BCUT2D eigenvalue weighted by atomic mass is 35.5. The summed E-state index contributed by atoms with van der Waals surface area (Å²) in [6, 6.07) is 0. The van der Waals surface area contributed by atoms with Crippen LogP contribution in [0.5, 0.6) is 0 Å². The summed E-state index contributed by atoms with van der Waals surface area (Å²) in [5.41, 5.74) is 0.696. The number of aliphatic hydroxyl groups is 1. The van der Waals surface area contributed by atoms with Gasteiger partial charge in [0.15, 0.2) is 0 Å². The van der Waals surface area contributed by atoms with Crippen molar-refractivity contribution in [3.05, 3.63) is 16.9 Å². The number of nitrogens with zero attached hydrogens (tertiary/aromatic N) is 2. The van der Waals surface area contributed by atoms with E-state index >= 15 is 0 Å². The van der Waals surface area contributed by atoms with E-state index < -0.39 is 6.10 Å². The predicted octanol–water partition coefficient (Wildman–Crippen LogP) is 2.90. The lowest BCUT2D eigenvalue weighted by molar-refractivity contribution is 0.0932. The van der Waals surface area contributed by atoms with Crippen LogP contribution in [0, 0.1) is 11.8 Å². The van der Waals surface area contributed by atoms with E-state index in [0.29, 0.717) is 29.8 Å². The fourth-order valence-corrected chi connectivity index (χ4v) is 2.42. The lowest BCUT2D eigenvalue weighted by Crippen LogP contribution is -2.18.